The second-order valence-corrected chi connectivity index (χ2v) is 5.67. The van der Waals surface area contributed by atoms with Gasteiger partial charge < -0.3 is 9.64 Å². The van der Waals surface area contributed by atoms with Gasteiger partial charge in [0.15, 0.2) is 0 Å². The third kappa shape index (κ3) is 3.54. The minimum Gasteiger partial charge on any atom is -0.384 e. The Kier molecular flexibility index (Phi) is 4.93. The highest BCUT2D eigenvalue weighted by Gasteiger charge is 2.23. The summed E-state index contributed by atoms with van der Waals surface area (Å²) in [5.74, 6) is 0.0260. The van der Waals surface area contributed by atoms with Crippen LogP contribution in [0.5, 0.6) is 0 Å². The zero-order chi connectivity index (χ0) is 13.8. The number of nitrogens with zero attached hydrogens (tertiary/aromatic N) is 1. The van der Waals surface area contributed by atoms with Crippen LogP contribution < -0.4 is 0 Å². The van der Waals surface area contributed by atoms with Gasteiger partial charge in [-0.05, 0) is 52.9 Å². The Hall–Kier alpha value is -0.940. The highest BCUT2D eigenvalue weighted by atomic mass is 79.9. The summed E-state index contributed by atoms with van der Waals surface area (Å²) < 4.78 is 18.9. The number of hydrogen-bond acceptors (Lipinski definition) is 2. The zero-order valence-electron chi connectivity index (χ0n) is 10.9. The molecule has 1 aromatic carbocycles. The maximum atomic E-state index is 13.4. The van der Waals surface area contributed by atoms with Crippen molar-refractivity contribution >= 4 is 21.8 Å². The molecule has 0 spiro atoms. The lowest BCUT2D eigenvalue weighted by Crippen LogP contribution is -2.39. The smallest absolute Gasteiger partial charge is 0.253 e. The Labute approximate surface area is 120 Å². The molecular formula is C14H17BrFNO2. The summed E-state index contributed by atoms with van der Waals surface area (Å²) >= 11 is 3.09. The van der Waals surface area contributed by atoms with Crippen LogP contribution in [0, 0.1) is 11.7 Å². The van der Waals surface area contributed by atoms with Crippen molar-refractivity contribution in [1.29, 1.82) is 0 Å². The van der Waals surface area contributed by atoms with Gasteiger partial charge in [-0.15, -0.1) is 0 Å². The van der Waals surface area contributed by atoms with Crippen LogP contribution >= 0.6 is 15.9 Å². The van der Waals surface area contributed by atoms with Crippen LogP contribution in [0.3, 0.4) is 0 Å². The molecule has 0 atom stereocenters. The van der Waals surface area contributed by atoms with Crippen LogP contribution in [0.4, 0.5) is 4.39 Å². The number of methoxy groups -OCH3 is 1. The van der Waals surface area contributed by atoms with Gasteiger partial charge in [0.2, 0.25) is 0 Å². The number of piperidine rings is 1. The first-order chi connectivity index (χ1) is 9.11. The second kappa shape index (κ2) is 6.48. The maximum Gasteiger partial charge on any atom is 0.253 e. The van der Waals surface area contributed by atoms with Gasteiger partial charge in [-0.3, -0.25) is 4.79 Å². The van der Waals surface area contributed by atoms with E-state index in [9.17, 15) is 9.18 Å². The molecule has 3 nitrogen and oxygen atoms in total. The number of rotatable bonds is 3. The topological polar surface area (TPSA) is 29.5 Å². The summed E-state index contributed by atoms with van der Waals surface area (Å²) in [5, 5.41) is 0. The molecule has 0 aromatic heterocycles. The molecule has 1 aliphatic rings. The molecule has 19 heavy (non-hydrogen) atoms. The van der Waals surface area contributed by atoms with E-state index >= 15 is 0 Å². The molecule has 1 aliphatic heterocycles. The lowest BCUT2D eigenvalue weighted by molar-refractivity contribution is 0.0613. The number of amides is 1. The SMILES string of the molecule is COCC1CCN(C(=O)c2ccc(Br)c(F)c2)CC1. The predicted octanol–water partition coefficient (Wildman–Crippen LogP) is 3.09. The molecule has 0 bridgehead atoms. The summed E-state index contributed by atoms with van der Waals surface area (Å²) in [6, 6.07) is 4.50. The van der Waals surface area contributed by atoms with Gasteiger partial charge in [0.1, 0.15) is 5.82 Å². The van der Waals surface area contributed by atoms with Crippen LogP contribution in [-0.4, -0.2) is 37.6 Å². The molecule has 1 saturated heterocycles. The molecule has 2 rings (SSSR count). The summed E-state index contributed by atoms with van der Waals surface area (Å²) in [6.45, 7) is 2.17. The van der Waals surface area contributed by atoms with Gasteiger partial charge in [-0.25, -0.2) is 4.39 Å². The Morgan fingerprint density at radius 2 is 2.16 bits per heavy atom. The highest BCUT2D eigenvalue weighted by molar-refractivity contribution is 9.10. The minimum atomic E-state index is -0.403. The van der Waals surface area contributed by atoms with E-state index in [1.54, 1.807) is 24.1 Å². The van der Waals surface area contributed by atoms with E-state index in [0.29, 0.717) is 29.0 Å². The van der Waals surface area contributed by atoms with Gasteiger partial charge in [-0.2, -0.15) is 0 Å². The summed E-state index contributed by atoms with van der Waals surface area (Å²) in [4.78, 5) is 14.0. The number of carbonyl (C=O) groups excluding carboxylic acids is 1. The molecule has 0 unspecified atom stereocenters. The van der Waals surface area contributed by atoms with Crippen molar-refractivity contribution in [2.24, 2.45) is 5.92 Å². The molecule has 5 heteroatoms. The fourth-order valence-electron chi connectivity index (χ4n) is 2.35. The largest absolute Gasteiger partial charge is 0.384 e. The summed E-state index contributed by atoms with van der Waals surface area (Å²) in [6.07, 6.45) is 1.89. The van der Waals surface area contributed by atoms with Gasteiger partial charge in [0.05, 0.1) is 4.47 Å². The van der Waals surface area contributed by atoms with Gasteiger partial charge in [0, 0.05) is 32.4 Å². The van der Waals surface area contributed by atoms with E-state index in [0.717, 1.165) is 19.4 Å². The molecule has 0 N–H and O–H groups in total. The monoisotopic (exact) mass is 329 g/mol. The summed E-state index contributed by atoms with van der Waals surface area (Å²) in [7, 11) is 1.70. The Balaban J connectivity index is 1.99. The normalized spacial score (nSPS) is 16.7. The molecule has 0 radical (unpaired) electrons. The van der Waals surface area contributed by atoms with Crippen LogP contribution in [0.15, 0.2) is 22.7 Å². The number of likely N-dealkylation sites (tertiary alicyclic amines) is 1. The van der Waals surface area contributed by atoms with E-state index in [1.165, 1.54) is 6.07 Å². The molecule has 0 aliphatic carbocycles. The first-order valence-electron chi connectivity index (χ1n) is 6.35. The van der Waals surface area contributed by atoms with Crippen molar-refractivity contribution in [2.45, 2.75) is 12.8 Å². The maximum absolute atomic E-state index is 13.4. The van der Waals surface area contributed by atoms with E-state index in [4.69, 9.17) is 4.74 Å². The number of carbonyl (C=O) groups is 1. The quantitative estimate of drug-likeness (QED) is 0.852. The van der Waals surface area contributed by atoms with Crippen LogP contribution in [-0.2, 0) is 4.74 Å². The van der Waals surface area contributed by atoms with E-state index < -0.39 is 5.82 Å². The van der Waals surface area contributed by atoms with E-state index in [-0.39, 0.29) is 5.91 Å². The third-order valence-corrected chi connectivity index (χ3v) is 4.11. The molecule has 1 fully saturated rings. The average molecular weight is 330 g/mol. The predicted molar refractivity (Wildman–Crippen MR) is 74.6 cm³/mol. The number of hydrogen-bond donors (Lipinski definition) is 0. The fraction of sp³-hybridized carbons (Fsp3) is 0.500. The lowest BCUT2D eigenvalue weighted by Gasteiger charge is -2.31. The Bertz CT molecular complexity index is 459. The number of benzene rings is 1. The minimum absolute atomic E-state index is 0.0951. The third-order valence-electron chi connectivity index (χ3n) is 3.47. The van der Waals surface area contributed by atoms with Gasteiger partial charge >= 0.3 is 0 Å². The molecular weight excluding hydrogens is 313 g/mol. The first-order valence-corrected chi connectivity index (χ1v) is 7.14. The van der Waals surface area contributed by atoms with Gasteiger partial charge in [0.25, 0.3) is 5.91 Å². The van der Waals surface area contributed by atoms with Crippen molar-refractivity contribution < 1.29 is 13.9 Å². The average Bonchev–Trinajstić information content (AvgIpc) is 2.42. The molecule has 1 aromatic rings. The molecule has 104 valence electrons. The van der Waals surface area contributed by atoms with Gasteiger partial charge in [-0.1, -0.05) is 0 Å². The zero-order valence-corrected chi connectivity index (χ0v) is 12.5. The fourth-order valence-corrected chi connectivity index (χ4v) is 2.60. The van der Waals surface area contributed by atoms with Crippen LogP contribution in [0.25, 0.3) is 0 Å². The van der Waals surface area contributed by atoms with E-state index in [1.807, 2.05) is 0 Å². The van der Waals surface area contributed by atoms with Crippen molar-refractivity contribution in [2.75, 3.05) is 26.8 Å². The lowest BCUT2D eigenvalue weighted by atomic mass is 9.97. The van der Waals surface area contributed by atoms with Crippen molar-refractivity contribution in [3.8, 4) is 0 Å². The Morgan fingerprint density at radius 3 is 2.74 bits per heavy atom. The van der Waals surface area contributed by atoms with Crippen LogP contribution in [0.2, 0.25) is 0 Å². The highest BCUT2D eigenvalue weighted by Crippen LogP contribution is 2.21. The van der Waals surface area contributed by atoms with Crippen molar-refractivity contribution in [3.05, 3.63) is 34.1 Å². The molecule has 1 amide bonds. The van der Waals surface area contributed by atoms with Crippen LogP contribution in [0.1, 0.15) is 23.2 Å². The molecule has 0 saturated carbocycles. The first kappa shape index (κ1) is 14.5. The summed E-state index contributed by atoms with van der Waals surface area (Å²) in [5.41, 5.74) is 0.408. The van der Waals surface area contributed by atoms with Crippen molar-refractivity contribution in [1.82, 2.24) is 4.90 Å². The standard InChI is InChI=1S/C14H17BrFNO2/c1-19-9-10-4-6-17(7-5-10)14(18)11-2-3-12(15)13(16)8-11/h2-3,8,10H,4-7,9H2,1H3. The molecule has 1 heterocycles. The van der Waals surface area contributed by atoms with E-state index in [2.05, 4.69) is 15.9 Å². The Morgan fingerprint density at radius 1 is 1.47 bits per heavy atom. The second-order valence-electron chi connectivity index (χ2n) is 4.82. The number of halogens is 2. The van der Waals surface area contributed by atoms with Crippen molar-refractivity contribution in [3.63, 3.8) is 0 Å². The number of ether oxygens (including phenoxy) is 1.